The van der Waals surface area contributed by atoms with Crippen molar-refractivity contribution >= 4 is 28.4 Å². The van der Waals surface area contributed by atoms with E-state index in [-0.39, 0.29) is 11.8 Å². The predicted octanol–water partition coefficient (Wildman–Crippen LogP) is 3.39. The normalized spacial score (nSPS) is 10.9. The minimum atomic E-state index is -0.668. The summed E-state index contributed by atoms with van der Waals surface area (Å²) in [5, 5.41) is 3.52. The average Bonchev–Trinajstić information content (AvgIpc) is 2.52. The largest absolute Gasteiger partial charge is 0.455 e. The van der Waals surface area contributed by atoms with E-state index in [0.717, 1.165) is 11.3 Å². The Hall–Kier alpha value is -2.33. The van der Waals surface area contributed by atoms with Gasteiger partial charge in [0.1, 0.15) is 6.61 Å². The van der Waals surface area contributed by atoms with Crippen molar-refractivity contribution in [1.29, 1.82) is 0 Å². The van der Waals surface area contributed by atoms with Crippen LogP contribution in [0.5, 0.6) is 0 Å². The molecule has 2 aromatic rings. The van der Waals surface area contributed by atoms with Gasteiger partial charge in [0.05, 0.1) is 5.69 Å². The summed E-state index contributed by atoms with van der Waals surface area (Å²) in [5.74, 6) is -0.668. The van der Waals surface area contributed by atoms with E-state index >= 15 is 0 Å². The molecule has 102 valence electrons. The van der Waals surface area contributed by atoms with Crippen LogP contribution in [0.15, 0.2) is 65.8 Å². The highest BCUT2D eigenvalue weighted by atomic mass is 35.5. The molecule has 0 aliphatic heterocycles. The van der Waals surface area contributed by atoms with E-state index in [1.54, 1.807) is 0 Å². The quantitative estimate of drug-likeness (QED) is 0.521. The van der Waals surface area contributed by atoms with Crippen molar-refractivity contribution in [1.82, 2.24) is 0 Å². The second-order valence-corrected chi connectivity index (χ2v) is 4.30. The first-order valence-corrected chi connectivity index (χ1v) is 6.39. The lowest BCUT2D eigenvalue weighted by atomic mass is 10.2. The van der Waals surface area contributed by atoms with Gasteiger partial charge in [-0.1, -0.05) is 60.1 Å². The van der Waals surface area contributed by atoms with E-state index in [9.17, 15) is 4.79 Å². The Morgan fingerprint density at radius 1 is 1.05 bits per heavy atom. The minimum Gasteiger partial charge on any atom is -0.455 e. The number of nitrogens with one attached hydrogen (secondary N) is 1. The van der Waals surface area contributed by atoms with Gasteiger partial charge in [0.2, 0.25) is 5.17 Å². The summed E-state index contributed by atoms with van der Waals surface area (Å²) < 4.78 is 5.04. The summed E-state index contributed by atoms with van der Waals surface area (Å²) in [5.41, 5.74) is 4.31. The molecular formula is C15H13ClN2O2. The number of rotatable bonds is 5. The Morgan fingerprint density at radius 3 is 2.30 bits per heavy atom. The third-order valence-corrected chi connectivity index (χ3v) is 2.68. The number of anilines is 1. The Morgan fingerprint density at radius 2 is 1.65 bits per heavy atom. The van der Waals surface area contributed by atoms with Gasteiger partial charge >= 0.3 is 5.97 Å². The molecule has 0 bridgehead atoms. The minimum absolute atomic E-state index is 0.163. The van der Waals surface area contributed by atoms with Gasteiger partial charge in [-0.3, -0.25) is 5.43 Å². The Bertz CT molecular complexity index is 585. The van der Waals surface area contributed by atoms with Crippen LogP contribution in [0.25, 0.3) is 0 Å². The van der Waals surface area contributed by atoms with E-state index in [2.05, 4.69) is 10.5 Å². The molecule has 0 amide bonds. The maximum atomic E-state index is 11.6. The molecule has 0 aliphatic rings. The zero-order valence-electron chi connectivity index (χ0n) is 10.6. The number of ether oxygens (including phenoxy) is 1. The van der Waals surface area contributed by atoms with Gasteiger partial charge < -0.3 is 4.74 Å². The Balaban J connectivity index is 1.85. The van der Waals surface area contributed by atoms with Crippen LogP contribution in [0.2, 0.25) is 0 Å². The van der Waals surface area contributed by atoms with Crippen molar-refractivity contribution in [2.45, 2.75) is 6.61 Å². The number of para-hydroxylation sites is 1. The number of nitrogens with zero attached hydrogens (tertiary/aromatic N) is 1. The topological polar surface area (TPSA) is 50.7 Å². The molecule has 0 spiro atoms. The van der Waals surface area contributed by atoms with E-state index in [4.69, 9.17) is 16.3 Å². The zero-order valence-corrected chi connectivity index (χ0v) is 11.4. The van der Waals surface area contributed by atoms with Crippen molar-refractivity contribution in [3.8, 4) is 0 Å². The zero-order chi connectivity index (χ0) is 14.2. The fourth-order valence-corrected chi connectivity index (χ4v) is 1.55. The van der Waals surface area contributed by atoms with Crippen LogP contribution in [0.3, 0.4) is 0 Å². The van der Waals surface area contributed by atoms with E-state index in [1.807, 2.05) is 60.7 Å². The number of hydrogen-bond donors (Lipinski definition) is 1. The molecule has 2 aromatic carbocycles. The summed E-state index contributed by atoms with van der Waals surface area (Å²) in [6.45, 7) is 0.163. The van der Waals surface area contributed by atoms with Gasteiger partial charge in [-0.25, -0.2) is 4.79 Å². The summed E-state index contributed by atoms with van der Waals surface area (Å²) >= 11 is 5.76. The first-order valence-electron chi connectivity index (χ1n) is 6.01. The second-order valence-electron chi connectivity index (χ2n) is 3.94. The summed E-state index contributed by atoms with van der Waals surface area (Å²) in [6, 6.07) is 18.5. The average molecular weight is 289 g/mol. The molecule has 0 radical (unpaired) electrons. The first kappa shape index (κ1) is 14.1. The van der Waals surface area contributed by atoms with Crippen LogP contribution >= 0.6 is 11.6 Å². The van der Waals surface area contributed by atoms with Crippen molar-refractivity contribution in [2.75, 3.05) is 5.43 Å². The van der Waals surface area contributed by atoms with Crippen molar-refractivity contribution in [2.24, 2.45) is 5.10 Å². The highest BCUT2D eigenvalue weighted by Gasteiger charge is 2.10. The number of halogens is 1. The van der Waals surface area contributed by atoms with Crippen LogP contribution in [-0.2, 0) is 16.1 Å². The molecule has 0 unspecified atom stereocenters. The number of hydrazone groups is 1. The number of hydrogen-bond acceptors (Lipinski definition) is 4. The Kier molecular flexibility index (Phi) is 5.15. The second kappa shape index (κ2) is 7.31. The molecule has 4 nitrogen and oxygen atoms in total. The Labute approximate surface area is 122 Å². The van der Waals surface area contributed by atoms with Gasteiger partial charge in [-0.05, 0) is 17.7 Å². The predicted molar refractivity (Wildman–Crippen MR) is 79.6 cm³/mol. The van der Waals surface area contributed by atoms with Gasteiger partial charge in [-0.15, -0.1) is 0 Å². The van der Waals surface area contributed by atoms with Gasteiger partial charge in [0.25, 0.3) is 0 Å². The van der Waals surface area contributed by atoms with Crippen LogP contribution in [0, 0.1) is 0 Å². The van der Waals surface area contributed by atoms with E-state index < -0.39 is 5.97 Å². The maximum Gasteiger partial charge on any atom is 0.371 e. The molecule has 0 fully saturated rings. The number of carbonyl (C=O) groups excluding carboxylic acids is 1. The molecule has 1 N–H and O–H groups in total. The highest BCUT2D eigenvalue weighted by molar-refractivity contribution is 6.82. The van der Waals surface area contributed by atoms with Crippen molar-refractivity contribution in [3.05, 3.63) is 66.2 Å². The standard InChI is InChI=1S/C15H13ClN2O2/c16-14(18-17-13-9-5-2-6-10-13)15(19)20-11-12-7-3-1-4-8-12/h1-10,17H,11H2/b18-14-. The lowest BCUT2D eigenvalue weighted by Crippen LogP contribution is -2.13. The van der Waals surface area contributed by atoms with E-state index in [0.29, 0.717) is 0 Å². The van der Waals surface area contributed by atoms with Crippen molar-refractivity contribution < 1.29 is 9.53 Å². The summed E-state index contributed by atoms with van der Waals surface area (Å²) in [6.07, 6.45) is 0. The van der Waals surface area contributed by atoms with Gasteiger partial charge in [0, 0.05) is 0 Å². The molecule has 20 heavy (non-hydrogen) atoms. The smallest absolute Gasteiger partial charge is 0.371 e. The molecule has 0 heterocycles. The number of esters is 1. The molecule has 2 rings (SSSR count). The van der Waals surface area contributed by atoms with E-state index in [1.165, 1.54) is 0 Å². The monoisotopic (exact) mass is 288 g/mol. The van der Waals surface area contributed by atoms with Crippen LogP contribution in [-0.4, -0.2) is 11.1 Å². The first-order chi connectivity index (χ1) is 9.75. The SMILES string of the molecule is O=C(OCc1ccccc1)/C(Cl)=N/Nc1ccccc1. The van der Waals surface area contributed by atoms with Gasteiger partial charge in [0.15, 0.2) is 0 Å². The summed E-state index contributed by atoms with van der Waals surface area (Å²) in [4.78, 5) is 11.6. The van der Waals surface area contributed by atoms with Crippen LogP contribution in [0.1, 0.15) is 5.56 Å². The third-order valence-electron chi connectivity index (χ3n) is 2.44. The molecule has 0 aromatic heterocycles. The summed E-state index contributed by atoms with van der Waals surface area (Å²) in [7, 11) is 0. The highest BCUT2D eigenvalue weighted by Crippen LogP contribution is 2.06. The molecule has 0 atom stereocenters. The molecule has 0 saturated carbocycles. The fraction of sp³-hybridized carbons (Fsp3) is 0.0667. The lowest BCUT2D eigenvalue weighted by Gasteiger charge is -2.04. The lowest BCUT2D eigenvalue weighted by molar-refractivity contribution is -0.136. The molecular weight excluding hydrogens is 276 g/mol. The molecule has 0 aliphatic carbocycles. The fourth-order valence-electron chi connectivity index (χ4n) is 1.45. The third kappa shape index (κ3) is 4.40. The van der Waals surface area contributed by atoms with Gasteiger partial charge in [-0.2, -0.15) is 5.10 Å². The van der Waals surface area contributed by atoms with Crippen LogP contribution < -0.4 is 5.43 Å². The maximum absolute atomic E-state index is 11.6. The van der Waals surface area contributed by atoms with Crippen LogP contribution in [0.4, 0.5) is 5.69 Å². The van der Waals surface area contributed by atoms with Crippen molar-refractivity contribution in [3.63, 3.8) is 0 Å². The number of carbonyl (C=O) groups is 1. The molecule has 5 heteroatoms. The molecule has 0 saturated heterocycles. The number of benzene rings is 2.